The second-order valence-electron chi connectivity index (χ2n) is 7.07. The Morgan fingerprint density at radius 2 is 1.90 bits per heavy atom. The maximum atomic E-state index is 13.7. The standard InChI is InChI=1S/C18H23F3N4O5/c1-2-30-17(26)12-3-5-24(6-4-12)16-15(25(27)28)13(18(19,20)21)11-14(22-16)23-7-9-29-10-8-23/h11-12H,2-10H2,1H3. The van der Waals surface area contributed by atoms with E-state index in [1.807, 2.05) is 0 Å². The predicted molar refractivity (Wildman–Crippen MR) is 100 cm³/mol. The van der Waals surface area contributed by atoms with Crippen LogP contribution >= 0.6 is 0 Å². The molecule has 3 rings (SSSR count). The quantitative estimate of drug-likeness (QED) is 0.398. The number of pyridine rings is 1. The molecule has 9 nitrogen and oxygen atoms in total. The molecule has 2 saturated heterocycles. The van der Waals surface area contributed by atoms with Gasteiger partial charge in [-0.2, -0.15) is 13.2 Å². The molecule has 0 amide bonds. The van der Waals surface area contributed by atoms with Crippen molar-refractivity contribution in [1.82, 2.24) is 4.98 Å². The number of alkyl halides is 3. The second kappa shape index (κ2) is 9.02. The molecular weight excluding hydrogens is 409 g/mol. The number of esters is 1. The maximum Gasteiger partial charge on any atom is 0.423 e. The normalized spacial score (nSPS) is 18.4. The smallest absolute Gasteiger partial charge is 0.423 e. The molecule has 2 fully saturated rings. The number of hydrogen-bond acceptors (Lipinski definition) is 8. The number of carbonyl (C=O) groups excluding carboxylic acids is 1. The van der Waals surface area contributed by atoms with Gasteiger partial charge in [-0.15, -0.1) is 0 Å². The lowest BCUT2D eigenvalue weighted by molar-refractivity contribution is -0.387. The summed E-state index contributed by atoms with van der Waals surface area (Å²) in [5.41, 5.74) is -2.39. The molecule has 0 unspecified atom stereocenters. The zero-order valence-electron chi connectivity index (χ0n) is 16.5. The van der Waals surface area contributed by atoms with E-state index in [9.17, 15) is 28.1 Å². The van der Waals surface area contributed by atoms with Crippen LogP contribution in [0.1, 0.15) is 25.3 Å². The number of morpholine rings is 1. The van der Waals surface area contributed by atoms with E-state index in [-0.39, 0.29) is 43.2 Å². The van der Waals surface area contributed by atoms with Gasteiger partial charge in [-0.25, -0.2) is 4.98 Å². The first-order chi connectivity index (χ1) is 14.2. The maximum absolute atomic E-state index is 13.7. The summed E-state index contributed by atoms with van der Waals surface area (Å²) in [7, 11) is 0. The number of ether oxygens (including phenoxy) is 2. The first kappa shape index (κ1) is 22.1. The van der Waals surface area contributed by atoms with Crippen molar-refractivity contribution in [2.75, 3.05) is 55.8 Å². The molecule has 30 heavy (non-hydrogen) atoms. The minimum absolute atomic E-state index is 0.0266. The van der Waals surface area contributed by atoms with E-state index in [0.717, 1.165) is 6.07 Å². The average Bonchev–Trinajstić information content (AvgIpc) is 2.73. The summed E-state index contributed by atoms with van der Waals surface area (Å²) in [6.45, 7) is 3.61. The molecule has 1 aromatic heterocycles. The Bertz CT molecular complexity index is 791. The first-order valence-corrected chi connectivity index (χ1v) is 9.73. The summed E-state index contributed by atoms with van der Waals surface area (Å²) in [5, 5.41) is 11.6. The third-order valence-corrected chi connectivity index (χ3v) is 5.20. The number of nitro groups is 1. The van der Waals surface area contributed by atoms with Gasteiger partial charge in [0, 0.05) is 32.2 Å². The van der Waals surface area contributed by atoms with E-state index in [2.05, 4.69) is 4.98 Å². The van der Waals surface area contributed by atoms with Crippen molar-refractivity contribution in [2.45, 2.75) is 25.9 Å². The van der Waals surface area contributed by atoms with Gasteiger partial charge in [0.15, 0.2) is 0 Å². The van der Waals surface area contributed by atoms with Crippen molar-refractivity contribution in [3.63, 3.8) is 0 Å². The van der Waals surface area contributed by atoms with Crippen LogP contribution in [0.5, 0.6) is 0 Å². The number of piperidine rings is 1. The number of carbonyl (C=O) groups is 1. The zero-order chi connectivity index (χ0) is 21.9. The molecule has 0 saturated carbocycles. The van der Waals surface area contributed by atoms with Crippen molar-refractivity contribution in [1.29, 1.82) is 0 Å². The summed E-state index contributed by atoms with van der Waals surface area (Å²) in [5.74, 6) is -1.04. The third-order valence-electron chi connectivity index (χ3n) is 5.20. The molecular formula is C18H23F3N4O5. The summed E-state index contributed by atoms with van der Waals surface area (Å²) in [6, 6.07) is 0.734. The SMILES string of the molecule is CCOC(=O)C1CCN(c2nc(N3CCOCC3)cc(C(F)(F)F)c2[N+](=O)[O-])CC1. The lowest BCUT2D eigenvalue weighted by atomic mass is 9.96. The van der Waals surface area contributed by atoms with Crippen molar-refractivity contribution in [3.05, 3.63) is 21.7 Å². The van der Waals surface area contributed by atoms with Crippen LogP contribution in [-0.2, 0) is 20.4 Å². The van der Waals surface area contributed by atoms with Crippen LogP contribution in [0.15, 0.2) is 6.07 Å². The molecule has 0 aliphatic carbocycles. The van der Waals surface area contributed by atoms with Crippen LogP contribution < -0.4 is 9.80 Å². The third kappa shape index (κ3) is 4.74. The van der Waals surface area contributed by atoms with Crippen LogP contribution in [-0.4, -0.2) is 61.9 Å². The lowest BCUT2D eigenvalue weighted by Crippen LogP contribution is -2.39. The highest BCUT2D eigenvalue weighted by atomic mass is 19.4. The highest BCUT2D eigenvalue weighted by molar-refractivity contribution is 5.73. The van der Waals surface area contributed by atoms with Crippen LogP contribution in [0.25, 0.3) is 0 Å². The Balaban J connectivity index is 1.97. The van der Waals surface area contributed by atoms with Gasteiger partial charge < -0.3 is 19.3 Å². The molecule has 0 spiro atoms. The van der Waals surface area contributed by atoms with Gasteiger partial charge in [0.1, 0.15) is 11.4 Å². The van der Waals surface area contributed by atoms with Crippen LogP contribution in [0.3, 0.4) is 0 Å². The van der Waals surface area contributed by atoms with Crippen LogP contribution in [0.4, 0.5) is 30.5 Å². The number of aromatic nitrogens is 1. The van der Waals surface area contributed by atoms with Gasteiger partial charge in [0.2, 0.25) is 5.82 Å². The fourth-order valence-electron chi connectivity index (χ4n) is 3.67. The predicted octanol–water partition coefficient (Wildman–Crippen LogP) is 2.62. The molecule has 0 atom stereocenters. The van der Waals surface area contributed by atoms with Crippen LogP contribution in [0.2, 0.25) is 0 Å². The Labute approximate surface area is 170 Å². The Kier molecular flexibility index (Phi) is 6.64. The molecule has 1 aromatic rings. The monoisotopic (exact) mass is 432 g/mol. The molecule has 12 heteroatoms. The Hall–Kier alpha value is -2.63. The minimum atomic E-state index is -4.91. The molecule has 2 aliphatic heterocycles. The highest BCUT2D eigenvalue weighted by Gasteiger charge is 2.43. The van der Waals surface area contributed by atoms with Gasteiger partial charge in [-0.1, -0.05) is 0 Å². The summed E-state index contributed by atoms with van der Waals surface area (Å²) in [6.07, 6.45) is -4.27. The minimum Gasteiger partial charge on any atom is -0.466 e. The molecule has 3 heterocycles. The van der Waals surface area contributed by atoms with Crippen molar-refractivity contribution in [2.24, 2.45) is 5.92 Å². The molecule has 0 radical (unpaired) electrons. The van der Waals surface area contributed by atoms with Gasteiger partial charge in [-0.05, 0) is 19.8 Å². The number of halogens is 3. The number of hydrogen-bond donors (Lipinski definition) is 0. The fraction of sp³-hybridized carbons (Fsp3) is 0.667. The van der Waals surface area contributed by atoms with Crippen molar-refractivity contribution >= 4 is 23.3 Å². The Morgan fingerprint density at radius 3 is 2.43 bits per heavy atom. The number of nitrogens with zero attached hydrogens (tertiary/aromatic N) is 4. The van der Waals surface area contributed by atoms with E-state index >= 15 is 0 Å². The molecule has 2 aliphatic rings. The van der Waals surface area contributed by atoms with E-state index in [1.54, 1.807) is 11.8 Å². The summed E-state index contributed by atoms with van der Waals surface area (Å²) in [4.78, 5) is 29.8. The lowest BCUT2D eigenvalue weighted by Gasteiger charge is -2.33. The number of rotatable bonds is 5. The second-order valence-corrected chi connectivity index (χ2v) is 7.07. The van der Waals surface area contributed by atoms with Gasteiger partial charge in [0.05, 0.1) is 30.7 Å². The van der Waals surface area contributed by atoms with E-state index in [4.69, 9.17) is 9.47 Å². The van der Waals surface area contributed by atoms with Crippen molar-refractivity contribution < 1.29 is 32.4 Å². The van der Waals surface area contributed by atoms with E-state index < -0.39 is 22.4 Å². The van der Waals surface area contributed by atoms with Crippen molar-refractivity contribution in [3.8, 4) is 0 Å². The summed E-state index contributed by atoms with van der Waals surface area (Å²) >= 11 is 0. The van der Waals surface area contributed by atoms with E-state index in [1.165, 1.54) is 4.90 Å². The zero-order valence-corrected chi connectivity index (χ0v) is 16.5. The summed E-state index contributed by atoms with van der Waals surface area (Å²) < 4.78 is 51.3. The molecule has 0 bridgehead atoms. The highest BCUT2D eigenvalue weighted by Crippen LogP contribution is 2.43. The van der Waals surface area contributed by atoms with Gasteiger partial charge >= 0.3 is 17.8 Å². The molecule has 166 valence electrons. The molecule has 0 aromatic carbocycles. The average molecular weight is 432 g/mol. The largest absolute Gasteiger partial charge is 0.466 e. The van der Waals surface area contributed by atoms with E-state index in [0.29, 0.717) is 39.1 Å². The first-order valence-electron chi connectivity index (χ1n) is 9.73. The van der Waals surface area contributed by atoms with Gasteiger partial charge in [-0.3, -0.25) is 14.9 Å². The molecule has 0 N–H and O–H groups in total. The van der Waals surface area contributed by atoms with Gasteiger partial charge in [0.25, 0.3) is 0 Å². The Morgan fingerprint density at radius 1 is 1.27 bits per heavy atom. The topological polar surface area (TPSA) is 98.0 Å². The fourth-order valence-corrected chi connectivity index (χ4v) is 3.67. The number of anilines is 2. The van der Waals surface area contributed by atoms with Crippen LogP contribution in [0, 0.1) is 16.0 Å².